The first kappa shape index (κ1) is 17.3. The molecule has 0 aliphatic rings. The van der Waals surface area contributed by atoms with E-state index >= 15 is 0 Å². The van der Waals surface area contributed by atoms with Gasteiger partial charge in [-0.1, -0.05) is 17.7 Å². The van der Waals surface area contributed by atoms with Gasteiger partial charge in [0.1, 0.15) is 17.4 Å². The highest BCUT2D eigenvalue weighted by Gasteiger charge is 2.16. The first-order valence-electron chi connectivity index (χ1n) is 7.66. The fourth-order valence-electron chi connectivity index (χ4n) is 2.25. The van der Waals surface area contributed by atoms with E-state index in [1.54, 1.807) is 24.3 Å². The molecule has 2 amide bonds. The van der Waals surface area contributed by atoms with E-state index in [0.29, 0.717) is 5.56 Å². The van der Waals surface area contributed by atoms with Gasteiger partial charge in [-0.2, -0.15) is 0 Å². The summed E-state index contributed by atoms with van der Waals surface area (Å²) < 4.78 is 32.0. The van der Waals surface area contributed by atoms with E-state index in [9.17, 15) is 18.4 Å². The maximum absolute atomic E-state index is 13.8. The van der Waals surface area contributed by atoms with Crippen molar-refractivity contribution in [2.24, 2.45) is 0 Å². The zero-order valence-corrected chi connectivity index (χ0v) is 13.7. The molecule has 0 saturated heterocycles. The van der Waals surface area contributed by atoms with Crippen LogP contribution in [0.15, 0.2) is 59.0 Å². The Kier molecular flexibility index (Phi) is 4.79. The molecule has 5 nitrogen and oxygen atoms in total. The molecule has 7 heteroatoms. The fraction of sp³-hybridized carbons (Fsp3) is 0.0526. The zero-order chi connectivity index (χ0) is 18.7. The van der Waals surface area contributed by atoms with Gasteiger partial charge in [0, 0.05) is 11.6 Å². The summed E-state index contributed by atoms with van der Waals surface area (Å²) in [6.07, 6.45) is 0. The minimum Gasteiger partial charge on any atom is -0.451 e. The number of nitrogens with one attached hydrogen (secondary N) is 2. The molecule has 3 aromatic rings. The summed E-state index contributed by atoms with van der Waals surface area (Å²) in [6.45, 7) is 1.89. The molecule has 26 heavy (non-hydrogen) atoms. The van der Waals surface area contributed by atoms with Gasteiger partial charge >= 0.3 is 5.91 Å². The number of furan rings is 1. The van der Waals surface area contributed by atoms with E-state index in [4.69, 9.17) is 4.42 Å². The largest absolute Gasteiger partial charge is 0.451 e. The molecule has 1 heterocycles. The summed E-state index contributed by atoms with van der Waals surface area (Å²) in [4.78, 5) is 24.0. The van der Waals surface area contributed by atoms with Gasteiger partial charge in [-0.3, -0.25) is 20.4 Å². The third-order valence-corrected chi connectivity index (χ3v) is 3.63. The van der Waals surface area contributed by atoms with Crippen LogP contribution >= 0.6 is 0 Å². The maximum atomic E-state index is 13.8. The first-order chi connectivity index (χ1) is 12.4. The Balaban J connectivity index is 1.66. The Hall–Kier alpha value is -3.48. The van der Waals surface area contributed by atoms with Crippen LogP contribution in [-0.2, 0) is 0 Å². The first-order valence-corrected chi connectivity index (χ1v) is 7.66. The molecule has 2 aromatic carbocycles. The zero-order valence-electron chi connectivity index (χ0n) is 13.7. The molecule has 0 aliphatic carbocycles. The summed E-state index contributed by atoms with van der Waals surface area (Å²) in [5.41, 5.74) is 5.88. The number of carbonyl (C=O) groups is 2. The maximum Gasteiger partial charge on any atom is 0.305 e. The van der Waals surface area contributed by atoms with Gasteiger partial charge in [0.15, 0.2) is 5.76 Å². The quantitative estimate of drug-likeness (QED) is 0.705. The molecule has 0 aliphatic heterocycles. The number of benzene rings is 2. The summed E-state index contributed by atoms with van der Waals surface area (Å²) in [5.74, 6) is -2.78. The Morgan fingerprint density at radius 2 is 1.58 bits per heavy atom. The van der Waals surface area contributed by atoms with Crippen molar-refractivity contribution < 1.29 is 22.8 Å². The predicted octanol–water partition coefficient (Wildman–Crippen LogP) is 3.61. The van der Waals surface area contributed by atoms with E-state index in [2.05, 4.69) is 10.9 Å². The normalized spacial score (nSPS) is 10.4. The Labute approximate surface area is 147 Å². The lowest BCUT2D eigenvalue weighted by Gasteiger charge is -2.06. The van der Waals surface area contributed by atoms with Crippen LogP contribution in [0.4, 0.5) is 8.78 Å². The lowest BCUT2D eigenvalue weighted by atomic mass is 10.1. The second-order valence-corrected chi connectivity index (χ2v) is 5.56. The number of hydrogen-bond donors (Lipinski definition) is 2. The number of hydrazine groups is 1. The minimum absolute atomic E-state index is 0.0224. The van der Waals surface area contributed by atoms with E-state index in [-0.39, 0.29) is 17.1 Å². The number of rotatable bonds is 3. The van der Waals surface area contributed by atoms with Crippen LogP contribution in [0.2, 0.25) is 0 Å². The summed E-state index contributed by atoms with van der Waals surface area (Å²) in [7, 11) is 0. The lowest BCUT2D eigenvalue weighted by Crippen LogP contribution is -2.41. The molecule has 0 unspecified atom stereocenters. The SMILES string of the molecule is Cc1ccc(C(=O)NNC(=O)c2ccc(-c3ccc(F)cc3F)o2)cc1. The molecule has 0 spiro atoms. The molecule has 0 fully saturated rings. The summed E-state index contributed by atoms with van der Waals surface area (Å²) in [5, 5.41) is 0. The highest BCUT2D eigenvalue weighted by Crippen LogP contribution is 2.25. The minimum atomic E-state index is -0.806. The number of hydrogen-bond acceptors (Lipinski definition) is 3. The summed E-state index contributed by atoms with van der Waals surface area (Å²) >= 11 is 0. The number of amides is 2. The Bertz CT molecular complexity index is 965. The van der Waals surface area contributed by atoms with Crippen molar-refractivity contribution in [1.29, 1.82) is 0 Å². The van der Waals surface area contributed by atoms with Crippen molar-refractivity contribution in [3.05, 3.63) is 83.1 Å². The van der Waals surface area contributed by atoms with E-state index in [1.165, 1.54) is 18.2 Å². The molecule has 0 radical (unpaired) electrons. The third kappa shape index (κ3) is 3.77. The molecule has 2 N–H and O–H groups in total. The van der Waals surface area contributed by atoms with Gasteiger partial charge in [0.05, 0.1) is 5.56 Å². The highest BCUT2D eigenvalue weighted by atomic mass is 19.1. The van der Waals surface area contributed by atoms with Crippen molar-refractivity contribution in [2.75, 3.05) is 0 Å². The van der Waals surface area contributed by atoms with Crippen molar-refractivity contribution in [3.8, 4) is 11.3 Å². The van der Waals surface area contributed by atoms with Crippen molar-refractivity contribution >= 4 is 11.8 Å². The van der Waals surface area contributed by atoms with Gasteiger partial charge in [-0.05, 0) is 43.3 Å². The van der Waals surface area contributed by atoms with Gasteiger partial charge in [-0.15, -0.1) is 0 Å². The van der Waals surface area contributed by atoms with Crippen molar-refractivity contribution in [1.82, 2.24) is 10.9 Å². The Morgan fingerprint density at radius 1 is 0.885 bits per heavy atom. The molecule has 3 rings (SSSR count). The lowest BCUT2D eigenvalue weighted by molar-refractivity contribution is 0.0831. The standard InChI is InChI=1S/C19H14F2N2O3/c1-11-2-4-12(5-3-11)18(24)22-23-19(25)17-9-8-16(26-17)14-7-6-13(20)10-15(14)21/h2-10H,1H3,(H,22,24)(H,23,25). The Morgan fingerprint density at radius 3 is 2.27 bits per heavy atom. The van der Waals surface area contributed by atoms with Crippen LogP contribution in [0, 0.1) is 18.6 Å². The van der Waals surface area contributed by atoms with Crippen LogP contribution in [0.25, 0.3) is 11.3 Å². The number of halogens is 2. The average molecular weight is 356 g/mol. The topological polar surface area (TPSA) is 71.3 Å². The fourth-order valence-corrected chi connectivity index (χ4v) is 2.25. The van der Waals surface area contributed by atoms with Gasteiger partial charge in [-0.25, -0.2) is 8.78 Å². The van der Waals surface area contributed by atoms with Crippen molar-refractivity contribution in [2.45, 2.75) is 6.92 Å². The predicted molar refractivity (Wildman–Crippen MR) is 90.2 cm³/mol. The molecule has 0 saturated carbocycles. The van der Waals surface area contributed by atoms with E-state index in [0.717, 1.165) is 17.7 Å². The molecule has 132 valence electrons. The van der Waals surface area contributed by atoms with Gasteiger partial charge < -0.3 is 4.42 Å². The van der Waals surface area contributed by atoms with Crippen LogP contribution in [0.3, 0.4) is 0 Å². The van der Waals surface area contributed by atoms with Crippen LogP contribution in [0.5, 0.6) is 0 Å². The average Bonchev–Trinajstić information content (AvgIpc) is 3.10. The second-order valence-electron chi connectivity index (χ2n) is 5.56. The van der Waals surface area contributed by atoms with Crippen LogP contribution in [-0.4, -0.2) is 11.8 Å². The molecule has 1 aromatic heterocycles. The second kappa shape index (κ2) is 7.18. The van der Waals surface area contributed by atoms with E-state index in [1.807, 2.05) is 6.92 Å². The number of carbonyl (C=O) groups excluding carboxylic acids is 2. The smallest absolute Gasteiger partial charge is 0.305 e. The van der Waals surface area contributed by atoms with Crippen molar-refractivity contribution in [3.63, 3.8) is 0 Å². The third-order valence-electron chi connectivity index (χ3n) is 3.63. The molecular formula is C19H14F2N2O3. The molecule has 0 bridgehead atoms. The molecular weight excluding hydrogens is 342 g/mol. The highest BCUT2D eigenvalue weighted by molar-refractivity contribution is 5.98. The number of aryl methyl sites for hydroxylation is 1. The van der Waals surface area contributed by atoms with Crippen LogP contribution in [0.1, 0.15) is 26.5 Å². The van der Waals surface area contributed by atoms with Gasteiger partial charge in [0.2, 0.25) is 0 Å². The van der Waals surface area contributed by atoms with Gasteiger partial charge in [0.25, 0.3) is 5.91 Å². The molecule has 0 atom stereocenters. The summed E-state index contributed by atoms with van der Waals surface area (Å²) in [6, 6.07) is 12.5. The monoisotopic (exact) mass is 356 g/mol. The van der Waals surface area contributed by atoms with E-state index < -0.39 is 23.4 Å². The van der Waals surface area contributed by atoms with Crippen LogP contribution < -0.4 is 10.9 Å².